The number of carbonyl (C=O) groups excluding carboxylic acids is 1. The van der Waals surface area contributed by atoms with Crippen LogP contribution in [-0.2, 0) is 4.79 Å². The summed E-state index contributed by atoms with van der Waals surface area (Å²) in [7, 11) is 0. The van der Waals surface area contributed by atoms with Gasteiger partial charge in [-0.25, -0.2) is 0 Å². The molecule has 0 N–H and O–H groups in total. The molecule has 0 aromatic rings. The summed E-state index contributed by atoms with van der Waals surface area (Å²) in [6, 6.07) is 0. The zero-order chi connectivity index (χ0) is 9.10. The number of ketones is 1. The standard InChI is InChI=1S/C12H20O/c13-12(9-11-5-6-11)8-7-10-3-1-2-4-10/h10-11H,1-9H2. The topological polar surface area (TPSA) is 17.1 Å². The maximum absolute atomic E-state index is 11.5. The second-order valence-electron chi connectivity index (χ2n) is 4.88. The first-order chi connectivity index (χ1) is 6.34. The third-order valence-electron chi connectivity index (χ3n) is 3.52. The van der Waals surface area contributed by atoms with Crippen molar-refractivity contribution in [3.8, 4) is 0 Å². The smallest absolute Gasteiger partial charge is 0.133 e. The van der Waals surface area contributed by atoms with Crippen LogP contribution >= 0.6 is 0 Å². The first-order valence-electron chi connectivity index (χ1n) is 5.86. The highest BCUT2D eigenvalue weighted by molar-refractivity contribution is 5.78. The molecule has 0 aromatic heterocycles. The van der Waals surface area contributed by atoms with Crippen LogP contribution in [0.2, 0.25) is 0 Å². The number of hydrogen-bond acceptors (Lipinski definition) is 1. The van der Waals surface area contributed by atoms with E-state index in [-0.39, 0.29) is 0 Å². The van der Waals surface area contributed by atoms with E-state index in [1.807, 2.05) is 0 Å². The molecule has 2 aliphatic rings. The Hall–Kier alpha value is -0.330. The SMILES string of the molecule is O=C(CCC1CCCC1)CC1CC1. The van der Waals surface area contributed by atoms with Gasteiger partial charge in [0.05, 0.1) is 0 Å². The lowest BCUT2D eigenvalue weighted by molar-refractivity contribution is -0.119. The predicted octanol–water partition coefficient (Wildman–Crippen LogP) is 3.33. The van der Waals surface area contributed by atoms with Crippen molar-refractivity contribution >= 4 is 5.78 Å². The van der Waals surface area contributed by atoms with Crippen LogP contribution in [0.1, 0.15) is 57.8 Å². The van der Waals surface area contributed by atoms with E-state index >= 15 is 0 Å². The molecule has 0 saturated heterocycles. The van der Waals surface area contributed by atoms with E-state index in [1.54, 1.807) is 0 Å². The molecule has 0 unspecified atom stereocenters. The monoisotopic (exact) mass is 180 g/mol. The van der Waals surface area contributed by atoms with Gasteiger partial charge in [0.2, 0.25) is 0 Å². The van der Waals surface area contributed by atoms with Gasteiger partial charge in [-0.15, -0.1) is 0 Å². The highest BCUT2D eigenvalue weighted by atomic mass is 16.1. The highest BCUT2D eigenvalue weighted by Gasteiger charge is 2.24. The fraction of sp³-hybridized carbons (Fsp3) is 0.917. The van der Waals surface area contributed by atoms with Crippen molar-refractivity contribution in [2.45, 2.75) is 57.8 Å². The summed E-state index contributed by atoms with van der Waals surface area (Å²) in [6.45, 7) is 0. The molecule has 0 bridgehead atoms. The van der Waals surface area contributed by atoms with E-state index in [2.05, 4.69) is 0 Å². The van der Waals surface area contributed by atoms with Gasteiger partial charge in [-0.2, -0.15) is 0 Å². The molecule has 0 aliphatic heterocycles. The molecule has 0 aromatic carbocycles. The molecule has 13 heavy (non-hydrogen) atoms. The highest BCUT2D eigenvalue weighted by Crippen LogP contribution is 2.34. The van der Waals surface area contributed by atoms with Crippen LogP contribution in [0.15, 0.2) is 0 Å². The Balaban J connectivity index is 1.57. The number of rotatable bonds is 5. The summed E-state index contributed by atoms with van der Waals surface area (Å²) >= 11 is 0. The Bertz CT molecular complexity index is 176. The summed E-state index contributed by atoms with van der Waals surface area (Å²) in [5, 5.41) is 0. The van der Waals surface area contributed by atoms with Crippen LogP contribution in [0, 0.1) is 11.8 Å². The molecule has 1 nitrogen and oxygen atoms in total. The third-order valence-corrected chi connectivity index (χ3v) is 3.52. The molecule has 0 heterocycles. The van der Waals surface area contributed by atoms with E-state index in [4.69, 9.17) is 0 Å². The Labute approximate surface area is 80.9 Å². The quantitative estimate of drug-likeness (QED) is 0.634. The minimum absolute atomic E-state index is 0.536. The van der Waals surface area contributed by atoms with Gasteiger partial charge in [-0.3, -0.25) is 4.79 Å². The van der Waals surface area contributed by atoms with Crippen molar-refractivity contribution in [3.63, 3.8) is 0 Å². The minimum atomic E-state index is 0.536. The van der Waals surface area contributed by atoms with E-state index < -0.39 is 0 Å². The molecule has 0 spiro atoms. The lowest BCUT2D eigenvalue weighted by Crippen LogP contribution is -2.02. The molecule has 1 heteroatoms. The molecular weight excluding hydrogens is 160 g/mol. The van der Waals surface area contributed by atoms with Crippen molar-refractivity contribution in [1.82, 2.24) is 0 Å². The summed E-state index contributed by atoms with van der Waals surface area (Å²) < 4.78 is 0. The van der Waals surface area contributed by atoms with Gasteiger partial charge < -0.3 is 0 Å². The fourth-order valence-corrected chi connectivity index (χ4v) is 2.41. The molecule has 2 fully saturated rings. The van der Waals surface area contributed by atoms with Gasteiger partial charge in [0.1, 0.15) is 5.78 Å². The Kier molecular flexibility index (Phi) is 3.02. The average molecular weight is 180 g/mol. The normalized spacial score (nSPS) is 23.7. The zero-order valence-corrected chi connectivity index (χ0v) is 8.43. The summed E-state index contributed by atoms with van der Waals surface area (Å²) in [4.78, 5) is 11.5. The van der Waals surface area contributed by atoms with E-state index in [0.717, 1.165) is 24.7 Å². The Morgan fingerprint density at radius 2 is 1.69 bits per heavy atom. The summed E-state index contributed by atoms with van der Waals surface area (Å²) in [6.07, 6.45) is 11.2. The molecule has 0 radical (unpaired) electrons. The zero-order valence-electron chi connectivity index (χ0n) is 8.43. The molecule has 0 atom stereocenters. The van der Waals surface area contributed by atoms with Crippen LogP contribution < -0.4 is 0 Å². The van der Waals surface area contributed by atoms with Crippen LogP contribution in [0.5, 0.6) is 0 Å². The lowest BCUT2D eigenvalue weighted by Gasteiger charge is -2.06. The van der Waals surface area contributed by atoms with Crippen LogP contribution in [0.4, 0.5) is 0 Å². The summed E-state index contributed by atoms with van der Waals surface area (Å²) in [5.74, 6) is 2.22. The van der Waals surface area contributed by atoms with Crippen LogP contribution in [-0.4, -0.2) is 5.78 Å². The third kappa shape index (κ3) is 3.13. The van der Waals surface area contributed by atoms with Crippen molar-refractivity contribution in [2.24, 2.45) is 11.8 Å². The first-order valence-corrected chi connectivity index (χ1v) is 5.86. The van der Waals surface area contributed by atoms with Gasteiger partial charge >= 0.3 is 0 Å². The molecule has 74 valence electrons. The van der Waals surface area contributed by atoms with Gasteiger partial charge in [-0.1, -0.05) is 25.7 Å². The maximum Gasteiger partial charge on any atom is 0.133 e. The van der Waals surface area contributed by atoms with Crippen LogP contribution in [0.3, 0.4) is 0 Å². The van der Waals surface area contributed by atoms with E-state index in [0.29, 0.717) is 5.78 Å². The van der Waals surface area contributed by atoms with Crippen molar-refractivity contribution in [1.29, 1.82) is 0 Å². The largest absolute Gasteiger partial charge is 0.300 e. The fourth-order valence-electron chi connectivity index (χ4n) is 2.41. The maximum atomic E-state index is 11.5. The van der Waals surface area contributed by atoms with E-state index in [1.165, 1.54) is 44.9 Å². The number of hydrogen-bond donors (Lipinski definition) is 0. The summed E-state index contributed by atoms with van der Waals surface area (Å²) in [5.41, 5.74) is 0. The lowest BCUT2D eigenvalue weighted by atomic mass is 9.98. The van der Waals surface area contributed by atoms with Gasteiger partial charge in [-0.05, 0) is 31.1 Å². The van der Waals surface area contributed by atoms with Gasteiger partial charge in [0, 0.05) is 12.8 Å². The van der Waals surface area contributed by atoms with E-state index in [9.17, 15) is 4.79 Å². The predicted molar refractivity (Wildman–Crippen MR) is 53.5 cm³/mol. The minimum Gasteiger partial charge on any atom is -0.300 e. The number of Topliss-reactive ketones (excluding diaryl/α,β-unsaturated/α-hetero) is 1. The molecule has 2 aliphatic carbocycles. The molecule has 2 saturated carbocycles. The molecule has 0 amide bonds. The molecular formula is C12H20O. The van der Waals surface area contributed by atoms with Crippen molar-refractivity contribution in [2.75, 3.05) is 0 Å². The van der Waals surface area contributed by atoms with Crippen molar-refractivity contribution in [3.05, 3.63) is 0 Å². The first kappa shape index (κ1) is 9.23. The molecule has 2 rings (SSSR count). The Morgan fingerprint density at radius 1 is 1.00 bits per heavy atom. The Morgan fingerprint density at radius 3 is 2.31 bits per heavy atom. The average Bonchev–Trinajstić information content (AvgIpc) is 2.78. The van der Waals surface area contributed by atoms with Crippen LogP contribution in [0.25, 0.3) is 0 Å². The second-order valence-corrected chi connectivity index (χ2v) is 4.88. The van der Waals surface area contributed by atoms with Crippen molar-refractivity contribution < 1.29 is 4.79 Å². The second kappa shape index (κ2) is 4.26. The van der Waals surface area contributed by atoms with Gasteiger partial charge in [0.15, 0.2) is 0 Å². The van der Waals surface area contributed by atoms with Gasteiger partial charge in [0.25, 0.3) is 0 Å². The number of carbonyl (C=O) groups is 1.